The number of morpholine rings is 1. The van der Waals surface area contributed by atoms with Crippen LogP contribution in [0.15, 0.2) is 12.4 Å². The van der Waals surface area contributed by atoms with Gasteiger partial charge in [-0.2, -0.15) is 0 Å². The number of amides is 1. The molecule has 9 heteroatoms. The second kappa shape index (κ2) is 11.1. The standard InChI is InChI=1S/C23H36N4O5/c1-17(2)30-23(28)27-9-7-20(8-10-27)31-18-3-5-19(6-4-18)32-22-16-24-21(15-25-22)26-11-13-29-14-12-26/h15-20H,3-14H2,1-2H3. The summed E-state index contributed by atoms with van der Waals surface area (Å²) in [5.41, 5.74) is 0. The molecule has 1 aromatic heterocycles. The molecule has 9 nitrogen and oxygen atoms in total. The molecule has 32 heavy (non-hydrogen) atoms. The van der Waals surface area contributed by atoms with Crippen LogP contribution in [0.3, 0.4) is 0 Å². The van der Waals surface area contributed by atoms with Gasteiger partial charge >= 0.3 is 6.09 Å². The summed E-state index contributed by atoms with van der Waals surface area (Å²) in [6.07, 6.45) is 9.50. The number of likely N-dealkylation sites (tertiary alicyclic amines) is 1. The van der Waals surface area contributed by atoms with Crippen LogP contribution in [-0.2, 0) is 14.2 Å². The Morgan fingerprint density at radius 3 is 2.22 bits per heavy atom. The smallest absolute Gasteiger partial charge is 0.410 e. The molecule has 1 amide bonds. The lowest BCUT2D eigenvalue weighted by molar-refractivity contribution is -0.0659. The lowest BCUT2D eigenvalue weighted by atomic mass is 9.94. The topological polar surface area (TPSA) is 86.2 Å². The molecular weight excluding hydrogens is 412 g/mol. The number of anilines is 1. The van der Waals surface area contributed by atoms with E-state index < -0.39 is 0 Å². The van der Waals surface area contributed by atoms with E-state index in [0.717, 1.165) is 70.6 Å². The van der Waals surface area contributed by atoms with Crippen molar-refractivity contribution >= 4 is 11.9 Å². The van der Waals surface area contributed by atoms with E-state index in [1.807, 2.05) is 13.8 Å². The van der Waals surface area contributed by atoms with Gasteiger partial charge < -0.3 is 28.7 Å². The zero-order valence-corrected chi connectivity index (χ0v) is 19.3. The van der Waals surface area contributed by atoms with Crippen LogP contribution in [0.1, 0.15) is 52.4 Å². The zero-order valence-electron chi connectivity index (χ0n) is 19.3. The van der Waals surface area contributed by atoms with E-state index >= 15 is 0 Å². The highest BCUT2D eigenvalue weighted by molar-refractivity contribution is 5.67. The van der Waals surface area contributed by atoms with Crippen LogP contribution in [0.25, 0.3) is 0 Å². The van der Waals surface area contributed by atoms with Gasteiger partial charge in [-0.25, -0.2) is 14.8 Å². The molecule has 0 atom stereocenters. The largest absolute Gasteiger partial charge is 0.473 e. The van der Waals surface area contributed by atoms with Crippen molar-refractivity contribution in [2.45, 2.75) is 76.8 Å². The van der Waals surface area contributed by atoms with Gasteiger partial charge in [0.2, 0.25) is 5.88 Å². The van der Waals surface area contributed by atoms with Crippen LogP contribution in [0.2, 0.25) is 0 Å². The third kappa shape index (κ3) is 6.45. The van der Waals surface area contributed by atoms with E-state index in [2.05, 4.69) is 14.9 Å². The molecule has 1 saturated carbocycles. The molecule has 0 spiro atoms. The van der Waals surface area contributed by atoms with Crippen LogP contribution in [0.4, 0.5) is 10.6 Å². The summed E-state index contributed by atoms with van der Waals surface area (Å²) in [4.78, 5) is 25.0. The molecule has 1 aromatic rings. The molecule has 2 saturated heterocycles. The average molecular weight is 449 g/mol. The monoisotopic (exact) mass is 448 g/mol. The predicted octanol–water partition coefficient (Wildman–Crippen LogP) is 3.03. The Balaban J connectivity index is 1.15. The second-order valence-corrected chi connectivity index (χ2v) is 9.08. The first-order valence-electron chi connectivity index (χ1n) is 12.0. The van der Waals surface area contributed by atoms with Gasteiger partial charge in [-0.05, 0) is 52.4 Å². The van der Waals surface area contributed by atoms with Crippen LogP contribution < -0.4 is 9.64 Å². The molecule has 0 bridgehead atoms. The third-order valence-corrected chi connectivity index (χ3v) is 6.28. The van der Waals surface area contributed by atoms with Gasteiger partial charge in [-0.15, -0.1) is 0 Å². The Morgan fingerprint density at radius 2 is 1.59 bits per heavy atom. The number of hydrogen-bond donors (Lipinski definition) is 0. The van der Waals surface area contributed by atoms with Crippen molar-refractivity contribution in [2.75, 3.05) is 44.3 Å². The van der Waals surface area contributed by atoms with E-state index in [1.54, 1.807) is 17.3 Å². The molecule has 3 heterocycles. The maximum atomic E-state index is 12.0. The highest BCUT2D eigenvalue weighted by Crippen LogP contribution is 2.28. The summed E-state index contributed by atoms with van der Waals surface area (Å²) in [6.45, 7) is 8.31. The molecule has 0 N–H and O–H groups in total. The molecule has 2 aliphatic heterocycles. The minimum atomic E-state index is -0.211. The Labute approximate surface area is 190 Å². The number of carbonyl (C=O) groups is 1. The number of rotatable bonds is 6. The number of piperidine rings is 1. The molecule has 0 radical (unpaired) electrons. The van der Waals surface area contributed by atoms with Crippen LogP contribution >= 0.6 is 0 Å². The highest BCUT2D eigenvalue weighted by atomic mass is 16.6. The third-order valence-electron chi connectivity index (χ3n) is 6.28. The summed E-state index contributed by atoms with van der Waals surface area (Å²) in [6, 6.07) is 0. The molecule has 3 fully saturated rings. The van der Waals surface area contributed by atoms with Crippen molar-refractivity contribution < 1.29 is 23.7 Å². The molecule has 178 valence electrons. The van der Waals surface area contributed by atoms with Crippen LogP contribution in [0, 0.1) is 0 Å². The number of nitrogens with zero attached hydrogens (tertiary/aromatic N) is 4. The Hall–Kier alpha value is -2.13. The van der Waals surface area contributed by atoms with Gasteiger partial charge in [0.25, 0.3) is 0 Å². The number of aromatic nitrogens is 2. The van der Waals surface area contributed by atoms with Crippen molar-refractivity contribution in [3.05, 3.63) is 12.4 Å². The Kier molecular flexibility index (Phi) is 8.02. The van der Waals surface area contributed by atoms with Crippen LogP contribution in [0.5, 0.6) is 5.88 Å². The first-order chi connectivity index (χ1) is 15.6. The molecule has 1 aliphatic carbocycles. The predicted molar refractivity (Wildman–Crippen MR) is 119 cm³/mol. The quantitative estimate of drug-likeness (QED) is 0.656. The molecule has 3 aliphatic rings. The van der Waals surface area contributed by atoms with Gasteiger partial charge in [-0.3, -0.25) is 0 Å². The lowest BCUT2D eigenvalue weighted by Crippen LogP contribution is -2.43. The number of ether oxygens (including phenoxy) is 4. The van der Waals surface area contributed by atoms with E-state index in [9.17, 15) is 4.79 Å². The van der Waals surface area contributed by atoms with Gasteiger partial charge in [0, 0.05) is 26.2 Å². The van der Waals surface area contributed by atoms with E-state index in [1.165, 1.54) is 0 Å². The summed E-state index contributed by atoms with van der Waals surface area (Å²) < 4.78 is 23.1. The first-order valence-corrected chi connectivity index (χ1v) is 12.0. The van der Waals surface area contributed by atoms with Gasteiger partial charge in [0.15, 0.2) is 0 Å². The molecule has 0 unspecified atom stereocenters. The zero-order chi connectivity index (χ0) is 22.3. The number of hydrogen-bond acceptors (Lipinski definition) is 8. The minimum absolute atomic E-state index is 0.0810. The minimum Gasteiger partial charge on any atom is -0.473 e. The summed E-state index contributed by atoms with van der Waals surface area (Å²) in [7, 11) is 0. The van der Waals surface area contributed by atoms with E-state index in [-0.39, 0.29) is 30.5 Å². The SMILES string of the molecule is CC(C)OC(=O)N1CCC(OC2CCC(Oc3cnc(N4CCOCC4)cn3)CC2)CC1. The summed E-state index contributed by atoms with van der Waals surface area (Å²) >= 11 is 0. The van der Waals surface area contributed by atoms with Gasteiger partial charge in [0.1, 0.15) is 11.9 Å². The fourth-order valence-electron chi connectivity index (χ4n) is 4.51. The van der Waals surface area contributed by atoms with Crippen LogP contribution in [-0.4, -0.2) is 84.8 Å². The van der Waals surface area contributed by atoms with Crippen molar-refractivity contribution in [3.8, 4) is 5.88 Å². The lowest BCUT2D eigenvalue weighted by Gasteiger charge is -2.35. The summed E-state index contributed by atoms with van der Waals surface area (Å²) in [5, 5.41) is 0. The second-order valence-electron chi connectivity index (χ2n) is 9.08. The van der Waals surface area contributed by atoms with E-state index in [0.29, 0.717) is 19.0 Å². The summed E-state index contributed by atoms with van der Waals surface area (Å²) in [5.74, 6) is 1.47. The average Bonchev–Trinajstić information content (AvgIpc) is 2.81. The first kappa shape index (κ1) is 23.0. The van der Waals surface area contributed by atoms with Crippen molar-refractivity contribution in [1.82, 2.24) is 14.9 Å². The fraction of sp³-hybridized carbons (Fsp3) is 0.783. The fourth-order valence-corrected chi connectivity index (χ4v) is 4.51. The Morgan fingerprint density at radius 1 is 0.938 bits per heavy atom. The molecular formula is C23H36N4O5. The van der Waals surface area contributed by atoms with Gasteiger partial charge in [0.05, 0.1) is 43.9 Å². The van der Waals surface area contributed by atoms with Crippen molar-refractivity contribution in [1.29, 1.82) is 0 Å². The highest BCUT2D eigenvalue weighted by Gasteiger charge is 2.29. The van der Waals surface area contributed by atoms with Gasteiger partial charge in [-0.1, -0.05) is 0 Å². The Bertz CT molecular complexity index is 710. The normalized spacial score (nSPS) is 25.1. The number of carbonyl (C=O) groups excluding carboxylic acids is 1. The maximum Gasteiger partial charge on any atom is 0.410 e. The van der Waals surface area contributed by atoms with Crippen molar-refractivity contribution in [3.63, 3.8) is 0 Å². The van der Waals surface area contributed by atoms with E-state index in [4.69, 9.17) is 18.9 Å². The maximum absolute atomic E-state index is 12.0. The molecule has 0 aromatic carbocycles. The van der Waals surface area contributed by atoms with Crippen molar-refractivity contribution in [2.24, 2.45) is 0 Å². The molecule has 4 rings (SSSR count).